The van der Waals surface area contributed by atoms with Gasteiger partial charge in [-0.1, -0.05) is 35.3 Å². The number of alkyl halides is 3. The van der Waals surface area contributed by atoms with Crippen molar-refractivity contribution in [2.24, 2.45) is 5.92 Å². The van der Waals surface area contributed by atoms with E-state index in [1.54, 1.807) is 13.8 Å². The first-order chi connectivity index (χ1) is 20.1. The Morgan fingerprint density at radius 2 is 1.67 bits per heavy atom. The molecular weight excluding hydrogens is 632 g/mol. The van der Waals surface area contributed by atoms with Crippen LogP contribution in [0.25, 0.3) is 0 Å². The number of nitrogens with one attached hydrogen (secondary N) is 1. The number of hydrogen-bond donors (Lipinski definition) is 1. The van der Waals surface area contributed by atoms with Crippen LogP contribution in [0.5, 0.6) is 0 Å². The second kappa shape index (κ2) is 11.6. The number of carbonyl (C=O) groups is 3. The molecule has 2 aromatic rings. The van der Waals surface area contributed by atoms with Crippen LogP contribution >= 0.6 is 23.2 Å². The van der Waals surface area contributed by atoms with Crippen LogP contribution in [0.1, 0.15) is 37.8 Å². The summed E-state index contributed by atoms with van der Waals surface area (Å²) in [7, 11) is -4.43. The molecule has 5 rings (SSSR count). The summed E-state index contributed by atoms with van der Waals surface area (Å²) in [6, 6.07) is 5.13. The Labute approximate surface area is 256 Å². The van der Waals surface area contributed by atoms with Crippen molar-refractivity contribution in [3.8, 4) is 0 Å². The van der Waals surface area contributed by atoms with Gasteiger partial charge in [0.15, 0.2) is 0 Å². The first-order valence-corrected chi connectivity index (χ1v) is 15.8. The number of rotatable bonds is 7. The molecule has 2 saturated heterocycles. The number of nitrogens with zero attached hydrogens (tertiary/aromatic N) is 3. The highest BCUT2D eigenvalue weighted by molar-refractivity contribution is 7.89. The van der Waals surface area contributed by atoms with Crippen molar-refractivity contribution in [1.29, 1.82) is 0 Å². The Morgan fingerprint density at radius 3 is 2.23 bits per heavy atom. The molecule has 0 aromatic heterocycles. The average Bonchev–Trinajstić information content (AvgIpc) is 3.76. The van der Waals surface area contributed by atoms with E-state index in [9.17, 15) is 36.0 Å². The minimum absolute atomic E-state index is 0.150. The Hall–Kier alpha value is -2.87. The van der Waals surface area contributed by atoms with E-state index in [1.165, 1.54) is 35.2 Å². The lowest BCUT2D eigenvalue weighted by Gasteiger charge is -2.54. The van der Waals surface area contributed by atoms with E-state index in [1.807, 2.05) is 0 Å². The van der Waals surface area contributed by atoms with Gasteiger partial charge in [0.25, 0.3) is 0 Å². The maximum Gasteiger partial charge on any atom is 0.416 e. The van der Waals surface area contributed by atoms with Crippen molar-refractivity contribution in [2.45, 2.75) is 68.5 Å². The fourth-order valence-corrected chi connectivity index (χ4v) is 7.81. The Morgan fingerprint density at radius 1 is 1.02 bits per heavy atom. The molecule has 43 heavy (non-hydrogen) atoms. The van der Waals surface area contributed by atoms with Gasteiger partial charge in [-0.05, 0) is 62.6 Å². The van der Waals surface area contributed by atoms with Crippen LogP contribution in [0, 0.1) is 5.92 Å². The zero-order valence-corrected chi connectivity index (χ0v) is 25.5. The van der Waals surface area contributed by atoms with Crippen LogP contribution in [0.15, 0.2) is 47.4 Å². The molecule has 3 unspecified atom stereocenters. The van der Waals surface area contributed by atoms with Crippen LogP contribution in [0.4, 0.5) is 13.2 Å². The third-order valence-corrected chi connectivity index (χ3v) is 10.5. The maximum atomic E-state index is 14.2. The quantitative estimate of drug-likeness (QED) is 0.485. The first-order valence-electron chi connectivity index (χ1n) is 13.7. The van der Waals surface area contributed by atoms with Gasteiger partial charge in [-0.2, -0.15) is 17.5 Å². The molecule has 0 bridgehead atoms. The van der Waals surface area contributed by atoms with Gasteiger partial charge in [-0.3, -0.25) is 14.4 Å². The zero-order chi connectivity index (χ0) is 31.4. The van der Waals surface area contributed by atoms with Crippen LogP contribution < -0.4 is 5.32 Å². The molecule has 3 amide bonds. The molecule has 0 spiro atoms. The van der Waals surface area contributed by atoms with Crippen LogP contribution in [-0.2, 0) is 37.0 Å². The van der Waals surface area contributed by atoms with Gasteiger partial charge in [0.2, 0.25) is 27.7 Å². The van der Waals surface area contributed by atoms with E-state index in [-0.39, 0.29) is 33.8 Å². The highest BCUT2D eigenvalue weighted by atomic mass is 35.5. The van der Waals surface area contributed by atoms with Gasteiger partial charge in [0.1, 0.15) is 23.1 Å². The molecule has 1 aliphatic carbocycles. The van der Waals surface area contributed by atoms with Gasteiger partial charge in [-0.25, -0.2) is 8.42 Å². The van der Waals surface area contributed by atoms with Crippen molar-refractivity contribution in [3.05, 3.63) is 63.6 Å². The Balaban J connectivity index is 1.58. The lowest BCUT2D eigenvalue weighted by Crippen LogP contribution is -2.76. The lowest BCUT2D eigenvalue weighted by atomic mass is 9.95. The van der Waals surface area contributed by atoms with Gasteiger partial charge in [-0.15, -0.1) is 0 Å². The highest BCUT2D eigenvalue weighted by Gasteiger charge is 2.54. The summed E-state index contributed by atoms with van der Waals surface area (Å²) in [6.45, 7) is 2.90. The lowest BCUT2D eigenvalue weighted by molar-refractivity contribution is -0.169. The Kier molecular flexibility index (Phi) is 8.49. The standard InChI is InChI=1S/C28H29Cl2F3N4O5S/c1-15(2)35-14-24-36(43(41,42)23-10-9-19(29)12-20(23)30)13-21(34-25(38)17-5-6-17)26(39)37(24)22(27(35)40)11-16-3-7-18(8-4-16)28(31,32)33/h3-4,7-10,12,15,17,21-22,24H,5-6,11,13-14H2,1-2H3,(H,34,38). The number of carbonyl (C=O) groups excluding carboxylic acids is 3. The normalized spacial score (nSPS) is 23.5. The van der Waals surface area contributed by atoms with E-state index < -0.39 is 70.3 Å². The van der Waals surface area contributed by atoms with Gasteiger partial charge >= 0.3 is 6.18 Å². The molecule has 2 heterocycles. The molecule has 3 atom stereocenters. The fourth-order valence-electron chi connectivity index (χ4n) is 5.48. The van der Waals surface area contributed by atoms with E-state index in [0.717, 1.165) is 21.3 Å². The maximum absolute atomic E-state index is 14.2. The molecule has 3 aliphatic rings. The van der Waals surface area contributed by atoms with Gasteiger partial charge < -0.3 is 15.1 Å². The summed E-state index contributed by atoms with van der Waals surface area (Å²) in [5.41, 5.74) is -0.537. The van der Waals surface area contributed by atoms with Crippen molar-refractivity contribution in [3.63, 3.8) is 0 Å². The molecular formula is C28H29Cl2F3N4O5S. The van der Waals surface area contributed by atoms with E-state index in [4.69, 9.17) is 23.2 Å². The van der Waals surface area contributed by atoms with Crippen molar-refractivity contribution < 1.29 is 36.0 Å². The topological polar surface area (TPSA) is 107 Å². The molecule has 2 aliphatic heterocycles. The number of hydrogen-bond acceptors (Lipinski definition) is 5. The summed E-state index contributed by atoms with van der Waals surface area (Å²) < 4.78 is 68.9. The van der Waals surface area contributed by atoms with E-state index in [2.05, 4.69) is 5.32 Å². The monoisotopic (exact) mass is 660 g/mol. The smallest absolute Gasteiger partial charge is 0.343 e. The molecule has 1 N–H and O–H groups in total. The van der Waals surface area contributed by atoms with E-state index >= 15 is 0 Å². The predicted octanol–water partition coefficient (Wildman–Crippen LogP) is 3.93. The summed E-state index contributed by atoms with van der Waals surface area (Å²) >= 11 is 12.3. The molecule has 15 heteroatoms. The SMILES string of the molecule is CC(C)N1CC2N(C(=O)C(NC(=O)C3CC3)CN2S(=O)(=O)c2ccc(Cl)cc2Cl)C(Cc2ccc(C(F)(F)F)cc2)C1=O. The second-order valence-corrected chi connectivity index (χ2v) is 13.9. The zero-order valence-electron chi connectivity index (χ0n) is 23.1. The highest BCUT2D eigenvalue weighted by Crippen LogP contribution is 2.36. The van der Waals surface area contributed by atoms with Crippen molar-refractivity contribution in [2.75, 3.05) is 13.1 Å². The molecule has 0 radical (unpaired) electrons. The van der Waals surface area contributed by atoms with Crippen molar-refractivity contribution in [1.82, 2.24) is 19.4 Å². The first kappa shape index (κ1) is 31.6. The molecule has 9 nitrogen and oxygen atoms in total. The number of halogens is 5. The van der Waals surface area contributed by atoms with Crippen LogP contribution in [0.2, 0.25) is 10.0 Å². The number of benzene rings is 2. The summed E-state index contributed by atoms with van der Waals surface area (Å²) in [5.74, 6) is -1.83. The molecule has 1 saturated carbocycles. The van der Waals surface area contributed by atoms with Crippen LogP contribution in [-0.4, -0.2) is 77.6 Å². The third kappa shape index (κ3) is 6.22. The minimum Gasteiger partial charge on any atom is -0.343 e. The van der Waals surface area contributed by atoms with E-state index in [0.29, 0.717) is 18.4 Å². The largest absolute Gasteiger partial charge is 0.416 e. The number of amides is 3. The molecule has 232 valence electrons. The average molecular weight is 662 g/mol. The number of sulfonamides is 1. The second-order valence-electron chi connectivity index (χ2n) is 11.2. The molecule has 3 fully saturated rings. The van der Waals surface area contributed by atoms with Crippen LogP contribution in [0.3, 0.4) is 0 Å². The summed E-state index contributed by atoms with van der Waals surface area (Å²) in [4.78, 5) is 42.9. The van der Waals surface area contributed by atoms with Gasteiger partial charge in [0, 0.05) is 29.9 Å². The van der Waals surface area contributed by atoms with Gasteiger partial charge in [0.05, 0.1) is 17.1 Å². The predicted molar refractivity (Wildman–Crippen MR) is 151 cm³/mol. The Bertz CT molecular complexity index is 1550. The minimum atomic E-state index is -4.56. The number of fused-ring (bicyclic) bond motifs is 1. The third-order valence-electron chi connectivity index (χ3n) is 7.91. The summed E-state index contributed by atoms with van der Waals surface area (Å²) in [5, 5.41) is 2.72. The number of piperazine rings is 1. The summed E-state index contributed by atoms with van der Waals surface area (Å²) in [6.07, 6.45) is -4.65. The molecule has 2 aromatic carbocycles. The van der Waals surface area contributed by atoms with Crippen molar-refractivity contribution >= 4 is 50.9 Å². The fraction of sp³-hybridized carbons (Fsp3) is 0.464.